The third-order valence-corrected chi connectivity index (χ3v) is 6.26. The fourth-order valence-electron chi connectivity index (χ4n) is 3.34. The fraction of sp³-hybridized carbons (Fsp3) is 0.391. The number of thioether (sulfide) groups is 1. The highest BCUT2D eigenvalue weighted by atomic mass is 32.2. The Labute approximate surface area is 183 Å². The van der Waals surface area contributed by atoms with E-state index >= 15 is 0 Å². The molecule has 2 aromatic carbocycles. The molecule has 3 rings (SSSR count). The third kappa shape index (κ3) is 6.24. The lowest BCUT2D eigenvalue weighted by atomic mass is 10.1. The van der Waals surface area contributed by atoms with Gasteiger partial charge in [0.05, 0.1) is 5.75 Å². The summed E-state index contributed by atoms with van der Waals surface area (Å²) in [5.41, 5.74) is 7.79. The van der Waals surface area contributed by atoms with Crippen molar-refractivity contribution in [1.82, 2.24) is 15.8 Å². The molecule has 0 aromatic heterocycles. The summed E-state index contributed by atoms with van der Waals surface area (Å²) in [5, 5.41) is 0. The molecule has 0 atom stereocenters. The Kier molecular flexibility index (Phi) is 7.76. The summed E-state index contributed by atoms with van der Waals surface area (Å²) in [4.78, 5) is 30.1. The van der Waals surface area contributed by atoms with E-state index in [9.17, 15) is 9.59 Å². The van der Waals surface area contributed by atoms with Gasteiger partial charge in [-0.2, -0.15) is 0 Å². The molecule has 30 heavy (non-hydrogen) atoms. The molecule has 2 amide bonds. The quantitative estimate of drug-likeness (QED) is 0.549. The second-order valence-electron chi connectivity index (χ2n) is 7.77. The van der Waals surface area contributed by atoms with E-state index in [1.54, 1.807) is 12.1 Å². The van der Waals surface area contributed by atoms with Crippen molar-refractivity contribution < 1.29 is 9.59 Å². The van der Waals surface area contributed by atoms with Crippen molar-refractivity contribution >= 4 is 29.3 Å². The summed E-state index contributed by atoms with van der Waals surface area (Å²) in [5.74, 6) is -0.321. The van der Waals surface area contributed by atoms with Crippen LogP contribution in [0.15, 0.2) is 53.4 Å². The zero-order chi connectivity index (χ0) is 21.5. The van der Waals surface area contributed by atoms with Gasteiger partial charge >= 0.3 is 0 Å². The van der Waals surface area contributed by atoms with Crippen LogP contribution in [0.1, 0.15) is 29.8 Å². The Balaban J connectivity index is 1.43. The number of anilines is 1. The van der Waals surface area contributed by atoms with Crippen molar-refractivity contribution in [3.63, 3.8) is 0 Å². The van der Waals surface area contributed by atoms with Crippen molar-refractivity contribution in [1.29, 1.82) is 0 Å². The van der Waals surface area contributed by atoms with Crippen LogP contribution in [-0.4, -0.2) is 54.7 Å². The first-order valence-corrected chi connectivity index (χ1v) is 11.3. The number of rotatable bonds is 6. The fourth-order valence-corrected chi connectivity index (χ4v) is 4.04. The van der Waals surface area contributed by atoms with Crippen LogP contribution in [0.4, 0.5) is 5.69 Å². The van der Waals surface area contributed by atoms with Crippen LogP contribution < -0.4 is 15.8 Å². The molecule has 0 unspecified atom stereocenters. The first-order chi connectivity index (χ1) is 14.4. The lowest BCUT2D eigenvalue weighted by molar-refractivity contribution is -0.119. The molecule has 160 valence electrons. The van der Waals surface area contributed by atoms with E-state index in [1.807, 2.05) is 43.3 Å². The molecule has 0 bridgehead atoms. The predicted molar refractivity (Wildman–Crippen MR) is 123 cm³/mol. The van der Waals surface area contributed by atoms with Crippen LogP contribution in [0.25, 0.3) is 0 Å². The Morgan fingerprint density at radius 2 is 1.57 bits per heavy atom. The van der Waals surface area contributed by atoms with Gasteiger partial charge < -0.3 is 4.90 Å². The van der Waals surface area contributed by atoms with E-state index in [2.05, 4.69) is 34.5 Å². The zero-order valence-electron chi connectivity index (χ0n) is 17.9. The SMILES string of the molecule is Cc1ccc(SCC(=O)NNC(=O)c2ccc(N3CCN(C(C)C)CC3)cc2)cc1. The monoisotopic (exact) mass is 426 g/mol. The molecule has 1 aliphatic heterocycles. The number of piperazine rings is 1. The third-order valence-electron chi connectivity index (χ3n) is 5.25. The second kappa shape index (κ2) is 10.5. The van der Waals surface area contributed by atoms with E-state index < -0.39 is 0 Å². The lowest BCUT2D eigenvalue weighted by Gasteiger charge is -2.38. The Morgan fingerprint density at radius 3 is 2.17 bits per heavy atom. The van der Waals surface area contributed by atoms with Crippen molar-refractivity contribution in [2.45, 2.75) is 31.7 Å². The molecule has 0 saturated carbocycles. The van der Waals surface area contributed by atoms with Gasteiger partial charge in [-0.25, -0.2) is 0 Å². The Bertz CT molecular complexity index is 845. The number of aryl methyl sites for hydroxylation is 1. The first-order valence-electron chi connectivity index (χ1n) is 10.3. The summed E-state index contributed by atoms with van der Waals surface area (Å²) in [6, 6.07) is 16.1. The zero-order valence-corrected chi connectivity index (χ0v) is 18.7. The van der Waals surface area contributed by atoms with Crippen molar-refractivity contribution in [3.8, 4) is 0 Å². The van der Waals surface area contributed by atoms with Crippen molar-refractivity contribution in [2.24, 2.45) is 0 Å². The highest BCUT2D eigenvalue weighted by Gasteiger charge is 2.19. The summed E-state index contributed by atoms with van der Waals surface area (Å²) < 4.78 is 0. The highest BCUT2D eigenvalue weighted by molar-refractivity contribution is 8.00. The average Bonchev–Trinajstić information content (AvgIpc) is 2.77. The Hall–Kier alpha value is -2.51. The van der Waals surface area contributed by atoms with Gasteiger partial charge in [-0.1, -0.05) is 17.7 Å². The van der Waals surface area contributed by atoms with Crippen molar-refractivity contribution in [3.05, 3.63) is 59.7 Å². The molecule has 1 heterocycles. The maximum atomic E-state index is 12.3. The first kappa shape index (κ1) is 22.2. The molecule has 6 nitrogen and oxygen atoms in total. The number of amides is 2. The number of hydrazine groups is 1. The number of carbonyl (C=O) groups is 2. The number of hydrogen-bond acceptors (Lipinski definition) is 5. The number of nitrogens with one attached hydrogen (secondary N) is 2. The van der Waals surface area contributed by atoms with Crippen LogP contribution in [-0.2, 0) is 4.79 Å². The van der Waals surface area contributed by atoms with Gasteiger partial charge in [0.15, 0.2) is 0 Å². The largest absolute Gasteiger partial charge is 0.369 e. The van der Waals surface area contributed by atoms with Gasteiger partial charge in [0.2, 0.25) is 5.91 Å². The normalized spacial score (nSPS) is 14.6. The topological polar surface area (TPSA) is 64.7 Å². The second-order valence-corrected chi connectivity index (χ2v) is 8.82. The minimum absolute atomic E-state index is 0.241. The van der Waals surface area contributed by atoms with E-state index in [1.165, 1.54) is 17.3 Å². The summed E-state index contributed by atoms with van der Waals surface area (Å²) in [6.45, 7) is 10.5. The minimum atomic E-state index is -0.320. The summed E-state index contributed by atoms with van der Waals surface area (Å²) in [6.07, 6.45) is 0. The molecular weight excluding hydrogens is 396 g/mol. The van der Waals surface area contributed by atoms with Gasteiger partial charge in [-0.05, 0) is 57.2 Å². The molecule has 1 aliphatic rings. The number of benzene rings is 2. The van der Waals surface area contributed by atoms with Crippen molar-refractivity contribution in [2.75, 3.05) is 36.8 Å². The smallest absolute Gasteiger partial charge is 0.269 e. The molecule has 0 aliphatic carbocycles. The number of nitrogens with zero attached hydrogens (tertiary/aromatic N) is 2. The van der Waals surface area contributed by atoms with E-state index in [0.717, 1.165) is 36.8 Å². The van der Waals surface area contributed by atoms with E-state index in [-0.39, 0.29) is 17.6 Å². The number of carbonyl (C=O) groups excluding carboxylic acids is 2. The molecular formula is C23H30N4O2S. The molecule has 0 spiro atoms. The Morgan fingerprint density at radius 1 is 0.933 bits per heavy atom. The van der Waals surface area contributed by atoms with Gasteiger partial charge in [-0.15, -0.1) is 11.8 Å². The lowest BCUT2D eigenvalue weighted by Crippen LogP contribution is -2.48. The van der Waals surface area contributed by atoms with E-state index in [4.69, 9.17) is 0 Å². The molecule has 1 fully saturated rings. The van der Waals surface area contributed by atoms with Gasteiger partial charge in [-0.3, -0.25) is 25.3 Å². The van der Waals surface area contributed by atoms with Gasteiger partial charge in [0.25, 0.3) is 5.91 Å². The molecule has 7 heteroatoms. The van der Waals surface area contributed by atoms with Crippen LogP contribution in [0.2, 0.25) is 0 Å². The number of hydrogen-bond donors (Lipinski definition) is 2. The molecule has 1 saturated heterocycles. The summed E-state index contributed by atoms with van der Waals surface area (Å²) in [7, 11) is 0. The maximum Gasteiger partial charge on any atom is 0.269 e. The minimum Gasteiger partial charge on any atom is -0.369 e. The van der Waals surface area contributed by atoms with Crippen LogP contribution in [0, 0.1) is 6.92 Å². The maximum absolute atomic E-state index is 12.3. The standard InChI is InChI=1S/C23H30N4O2S/c1-17(2)26-12-14-27(15-13-26)20-8-6-19(7-9-20)23(29)25-24-22(28)16-30-21-10-4-18(3)5-11-21/h4-11,17H,12-16H2,1-3H3,(H,24,28)(H,25,29). The highest BCUT2D eigenvalue weighted by Crippen LogP contribution is 2.19. The van der Waals surface area contributed by atoms with Gasteiger partial charge in [0.1, 0.15) is 0 Å². The van der Waals surface area contributed by atoms with E-state index in [0.29, 0.717) is 11.6 Å². The molecule has 2 aromatic rings. The molecule has 0 radical (unpaired) electrons. The van der Waals surface area contributed by atoms with Crippen LogP contribution in [0.5, 0.6) is 0 Å². The van der Waals surface area contributed by atoms with Crippen LogP contribution in [0.3, 0.4) is 0 Å². The van der Waals surface area contributed by atoms with Gasteiger partial charge in [0, 0.05) is 48.4 Å². The average molecular weight is 427 g/mol. The predicted octanol–water partition coefficient (Wildman–Crippen LogP) is 3.08. The summed E-state index contributed by atoms with van der Waals surface area (Å²) >= 11 is 1.43. The molecule has 2 N–H and O–H groups in total. The van der Waals surface area contributed by atoms with Crippen LogP contribution >= 0.6 is 11.8 Å².